The molecule has 0 bridgehead atoms. The van der Waals surface area contributed by atoms with E-state index >= 15 is 0 Å². The summed E-state index contributed by atoms with van der Waals surface area (Å²) < 4.78 is 25.2. The van der Waals surface area contributed by atoms with Gasteiger partial charge in [-0.3, -0.25) is 0 Å². The Morgan fingerprint density at radius 1 is 1.00 bits per heavy atom. The Bertz CT molecular complexity index is 1350. The summed E-state index contributed by atoms with van der Waals surface area (Å²) in [7, 11) is 1.61. The molecular weight excluding hydrogens is 483 g/mol. The average molecular weight is 519 g/mol. The smallest absolute Gasteiger partial charge is 0.162 e. The van der Waals surface area contributed by atoms with Crippen molar-refractivity contribution in [3.05, 3.63) is 83.4 Å². The van der Waals surface area contributed by atoms with Crippen molar-refractivity contribution in [1.82, 2.24) is 15.3 Å². The second kappa shape index (κ2) is 13.2. The number of nitrogens with zero attached hydrogens (tertiary/aromatic N) is 2. The van der Waals surface area contributed by atoms with Gasteiger partial charge < -0.3 is 25.2 Å². The summed E-state index contributed by atoms with van der Waals surface area (Å²) in [6.45, 7) is 5.91. The predicted molar refractivity (Wildman–Crippen MR) is 149 cm³/mol. The number of hydrogen-bond donors (Lipinski definition) is 3. The van der Waals surface area contributed by atoms with Crippen molar-refractivity contribution in [2.45, 2.75) is 32.6 Å². The van der Waals surface area contributed by atoms with Gasteiger partial charge in [-0.15, -0.1) is 0 Å². The monoisotopic (exact) mass is 518 g/mol. The summed E-state index contributed by atoms with van der Waals surface area (Å²) in [5.74, 6) is 2.02. The molecule has 0 saturated heterocycles. The van der Waals surface area contributed by atoms with Crippen LogP contribution in [0.15, 0.2) is 60.9 Å². The van der Waals surface area contributed by atoms with Crippen molar-refractivity contribution in [3.8, 4) is 11.5 Å². The van der Waals surface area contributed by atoms with Crippen molar-refractivity contribution in [2.24, 2.45) is 0 Å². The van der Waals surface area contributed by atoms with Gasteiger partial charge in [0.15, 0.2) is 11.5 Å². The topological polar surface area (TPSA) is 88.5 Å². The molecule has 4 aromatic rings. The van der Waals surface area contributed by atoms with E-state index in [9.17, 15) is 4.39 Å². The zero-order valence-electron chi connectivity index (χ0n) is 22.1. The Morgan fingerprint density at radius 2 is 1.82 bits per heavy atom. The Balaban J connectivity index is 1.45. The first-order valence-electron chi connectivity index (χ1n) is 12.9. The van der Waals surface area contributed by atoms with E-state index < -0.39 is 0 Å². The first-order valence-corrected chi connectivity index (χ1v) is 12.9. The minimum Gasteiger partial charge on any atom is -0.493 e. The minimum atomic E-state index is -0.169. The molecule has 4 rings (SSSR count). The van der Waals surface area contributed by atoms with E-state index in [2.05, 4.69) is 39.7 Å². The lowest BCUT2D eigenvalue weighted by molar-refractivity contribution is 0.275. The highest BCUT2D eigenvalue weighted by Crippen LogP contribution is 2.35. The lowest BCUT2D eigenvalue weighted by atomic mass is 9.92. The highest BCUT2D eigenvalue weighted by Gasteiger charge is 2.13. The van der Waals surface area contributed by atoms with Crippen molar-refractivity contribution in [3.63, 3.8) is 0 Å². The third-order valence-electron chi connectivity index (χ3n) is 6.47. The van der Waals surface area contributed by atoms with Crippen LogP contribution in [0.1, 0.15) is 36.0 Å². The molecule has 0 aliphatic rings. The molecule has 200 valence electrons. The molecule has 0 fully saturated rings. The molecule has 0 amide bonds. The van der Waals surface area contributed by atoms with Gasteiger partial charge >= 0.3 is 0 Å². The fourth-order valence-electron chi connectivity index (χ4n) is 4.33. The molecule has 1 aromatic heterocycles. The number of benzene rings is 3. The van der Waals surface area contributed by atoms with E-state index in [4.69, 9.17) is 14.6 Å². The summed E-state index contributed by atoms with van der Waals surface area (Å²) in [6.07, 6.45) is 3.18. The number of ether oxygens (including phenoxy) is 2. The zero-order chi connectivity index (χ0) is 26.9. The fourth-order valence-corrected chi connectivity index (χ4v) is 4.33. The molecule has 3 aromatic carbocycles. The van der Waals surface area contributed by atoms with E-state index in [1.165, 1.54) is 11.9 Å². The van der Waals surface area contributed by atoms with Crippen LogP contribution in [0.3, 0.4) is 0 Å². The van der Waals surface area contributed by atoms with Crippen molar-refractivity contribution in [1.29, 1.82) is 0 Å². The van der Waals surface area contributed by atoms with Crippen LogP contribution in [0, 0.1) is 12.7 Å². The number of nitrogens with one attached hydrogen (secondary N) is 2. The molecule has 1 heterocycles. The molecule has 8 heteroatoms. The molecule has 38 heavy (non-hydrogen) atoms. The number of hydrogen-bond acceptors (Lipinski definition) is 7. The van der Waals surface area contributed by atoms with Crippen molar-refractivity contribution in [2.75, 3.05) is 38.7 Å². The summed E-state index contributed by atoms with van der Waals surface area (Å²) >= 11 is 0. The largest absolute Gasteiger partial charge is 0.493 e. The normalized spacial score (nSPS) is 11.9. The maximum Gasteiger partial charge on any atom is 0.162 e. The molecule has 0 aliphatic heterocycles. The van der Waals surface area contributed by atoms with Gasteiger partial charge in [-0.05, 0) is 73.2 Å². The Morgan fingerprint density at radius 3 is 2.55 bits per heavy atom. The second-order valence-corrected chi connectivity index (χ2v) is 9.35. The number of halogens is 1. The number of aromatic nitrogens is 2. The highest BCUT2D eigenvalue weighted by atomic mass is 19.1. The number of anilines is 2. The number of methoxy groups -OCH3 is 1. The van der Waals surface area contributed by atoms with E-state index in [1.807, 2.05) is 36.4 Å². The first kappa shape index (κ1) is 27.3. The fraction of sp³-hybridized carbons (Fsp3) is 0.333. The quantitative estimate of drug-likeness (QED) is 0.201. The molecule has 1 atom stereocenters. The standard InChI is InChI=1S/C30H35FN4O3/c1-20(23-7-10-26(31)21(2)16-23)15-22-5-8-24(9-6-22)35-30-25-17-29(38-14-4-11-32-12-13-36)28(37-3)18-27(25)33-19-34-30/h5-10,16-20,32,36H,4,11-15H2,1-3H3,(H,33,34,35). The van der Waals surface area contributed by atoms with Crippen LogP contribution in [0.25, 0.3) is 10.9 Å². The van der Waals surface area contributed by atoms with Crippen LogP contribution >= 0.6 is 0 Å². The molecule has 3 N–H and O–H groups in total. The van der Waals surface area contributed by atoms with Gasteiger partial charge in [0.2, 0.25) is 0 Å². The van der Waals surface area contributed by atoms with Crippen LogP contribution in [0.5, 0.6) is 11.5 Å². The Kier molecular flexibility index (Phi) is 9.46. The van der Waals surface area contributed by atoms with E-state index in [1.54, 1.807) is 20.1 Å². The van der Waals surface area contributed by atoms with Crippen LogP contribution in [0.4, 0.5) is 15.9 Å². The Labute approximate surface area is 223 Å². The number of aryl methyl sites for hydroxylation is 1. The zero-order valence-corrected chi connectivity index (χ0v) is 22.1. The second-order valence-electron chi connectivity index (χ2n) is 9.35. The Hall–Kier alpha value is -3.75. The van der Waals surface area contributed by atoms with E-state index in [-0.39, 0.29) is 18.3 Å². The average Bonchev–Trinajstić information content (AvgIpc) is 2.93. The van der Waals surface area contributed by atoms with Gasteiger partial charge in [0.1, 0.15) is 18.0 Å². The van der Waals surface area contributed by atoms with Gasteiger partial charge in [0, 0.05) is 23.7 Å². The van der Waals surface area contributed by atoms with Crippen LogP contribution in [0.2, 0.25) is 0 Å². The van der Waals surface area contributed by atoms with Crippen LogP contribution < -0.4 is 20.1 Å². The first-order chi connectivity index (χ1) is 18.5. The van der Waals surface area contributed by atoms with Crippen LogP contribution in [-0.2, 0) is 6.42 Å². The third kappa shape index (κ3) is 6.96. The van der Waals surface area contributed by atoms with Crippen molar-refractivity contribution < 1.29 is 19.0 Å². The number of aliphatic hydroxyl groups excluding tert-OH is 1. The molecule has 7 nitrogen and oxygen atoms in total. The number of rotatable bonds is 13. The van der Waals surface area contributed by atoms with Gasteiger partial charge in [-0.2, -0.15) is 0 Å². The number of fused-ring (bicyclic) bond motifs is 1. The maximum atomic E-state index is 13.6. The van der Waals surface area contributed by atoms with E-state index in [0.29, 0.717) is 36.0 Å². The highest BCUT2D eigenvalue weighted by molar-refractivity contribution is 5.93. The molecule has 1 unspecified atom stereocenters. The molecule has 0 saturated carbocycles. The molecular formula is C30H35FN4O3. The lowest BCUT2D eigenvalue weighted by Gasteiger charge is -2.15. The van der Waals surface area contributed by atoms with Gasteiger partial charge in [-0.25, -0.2) is 14.4 Å². The van der Waals surface area contributed by atoms with Gasteiger partial charge in [0.25, 0.3) is 0 Å². The molecule has 0 radical (unpaired) electrons. The molecule has 0 aliphatic carbocycles. The van der Waals surface area contributed by atoms with Crippen molar-refractivity contribution >= 4 is 22.4 Å². The third-order valence-corrected chi connectivity index (χ3v) is 6.47. The van der Waals surface area contributed by atoms with E-state index in [0.717, 1.165) is 41.5 Å². The maximum absolute atomic E-state index is 13.6. The van der Waals surface area contributed by atoms with Gasteiger partial charge in [0.05, 0.1) is 25.8 Å². The van der Waals surface area contributed by atoms with Crippen LogP contribution in [-0.4, -0.2) is 48.5 Å². The lowest BCUT2D eigenvalue weighted by Crippen LogP contribution is -2.20. The summed E-state index contributed by atoms with van der Waals surface area (Å²) in [6, 6.07) is 17.4. The molecule has 0 spiro atoms. The minimum absolute atomic E-state index is 0.118. The van der Waals surface area contributed by atoms with Gasteiger partial charge in [-0.1, -0.05) is 31.2 Å². The summed E-state index contributed by atoms with van der Waals surface area (Å²) in [5, 5.41) is 16.2. The summed E-state index contributed by atoms with van der Waals surface area (Å²) in [4.78, 5) is 8.88. The predicted octanol–water partition coefficient (Wildman–Crippen LogP) is 5.53. The SMILES string of the molecule is COc1cc2ncnc(Nc3ccc(CC(C)c4ccc(F)c(C)c4)cc3)c2cc1OCCCNCCO. The summed E-state index contributed by atoms with van der Waals surface area (Å²) in [5.41, 5.74) is 4.66. The number of aliphatic hydroxyl groups is 1.